The fourth-order valence-corrected chi connectivity index (χ4v) is 2.65. The highest BCUT2D eigenvalue weighted by atomic mass is 16.5. The Morgan fingerprint density at radius 1 is 1.16 bits per heavy atom. The number of morpholine rings is 1. The molecule has 0 radical (unpaired) electrons. The van der Waals surface area contributed by atoms with Crippen LogP contribution in [0.3, 0.4) is 0 Å². The molecule has 0 bridgehead atoms. The first kappa shape index (κ1) is 15.6. The molecule has 1 aliphatic rings. The van der Waals surface area contributed by atoms with Gasteiger partial charge in [0.15, 0.2) is 0 Å². The van der Waals surface area contributed by atoms with Gasteiger partial charge in [0.05, 0.1) is 24.3 Å². The summed E-state index contributed by atoms with van der Waals surface area (Å²) < 4.78 is 16.9. The Morgan fingerprint density at radius 2 is 2.04 bits per heavy atom. The molecule has 3 heterocycles. The minimum atomic E-state index is -0.306. The van der Waals surface area contributed by atoms with Crippen molar-refractivity contribution in [2.24, 2.45) is 0 Å². The molecule has 3 aromatic rings. The summed E-state index contributed by atoms with van der Waals surface area (Å²) in [5.74, 6) is 0.612. The van der Waals surface area contributed by atoms with E-state index < -0.39 is 0 Å². The van der Waals surface area contributed by atoms with Gasteiger partial charge >= 0.3 is 6.01 Å². The van der Waals surface area contributed by atoms with Gasteiger partial charge in [0.1, 0.15) is 17.9 Å². The summed E-state index contributed by atoms with van der Waals surface area (Å²) in [6.45, 7) is 2.83. The number of rotatable bonds is 4. The molecule has 7 nitrogen and oxygen atoms in total. The van der Waals surface area contributed by atoms with Crippen LogP contribution in [0, 0.1) is 0 Å². The first-order chi connectivity index (χ1) is 12.3. The van der Waals surface area contributed by atoms with Gasteiger partial charge in [0.25, 0.3) is 5.56 Å². The average molecular weight is 339 g/mol. The van der Waals surface area contributed by atoms with Gasteiger partial charge < -0.3 is 18.8 Å². The van der Waals surface area contributed by atoms with Crippen LogP contribution in [0.5, 0.6) is 5.75 Å². The molecule has 2 aromatic heterocycles. The van der Waals surface area contributed by atoms with Crippen LogP contribution in [0.2, 0.25) is 0 Å². The molecule has 4 rings (SSSR count). The SMILES string of the molecule is O=c1nc(N2CCOCC2)oc2cc(OCc3ccccn3)ccc12. The molecule has 0 amide bonds. The molecule has 1 saturated heterocycles. The summed E-state index contributed by atoms with van der Waals surface area (Å²) in [7, 11) is 0. The van der Waals surface area contributed by atoms with Crippen molar-refractivity contribution < 1.29 is 13.9 Å². The predicted molar refractivity (Wildman–Crippen MR) is 91.9 cm³/mol. The fraction of sp³-hybridized carbons (Fsp3) is 0.278. The zero-order chi connectivity index (χ0) is 17.1. The van der Waals surface area contributed by atoms with Gasteiger partial charge in [-0.1, -0.05) is 6.07 Å². The summed E-state index contributed by atoms with van der Waals surface area (Å²) >= 11 is 0. The third-order valence-corrected chi connectivity index (χ3v) is 3.98. The Hall–Kier alpha value is -2.93. The number of hydrogen-bond donors (Lipinski definition) is 0. The van der Waals surface area contributed by atoms with E-state index in [2.05, 4.69) is 9.97 Å². The van der Waals surface area contributed by atoms with Crippen molar-refractivity contribution in [3.05, 3.63) is 58.6 Å². The lowest BCUT2D eigenvalue weighted by Gasteiger charge is -2.25. The molecule has 0 unspecified atom stereocenters. The zero-order valence-corrected chi connectivity index (χ0v) is 13.6. The van der Waals surface area contributed by atoms with E-state index in [9.17, 15) is 4.79 Å². The molecular weight excluding hydrogens is 322 g/mol. The molecule has 7 heteroatoms. The molecule has 1 aliphatic heterocycles. The van der Waals surface area contributed by atoms with Gasteiger partial charge in [-0.3, -0.25) is 9.78 Å². The van der Waals surface area contributed by atoms with E-state index >= 15 is 0 Å². The van der Waals surface area contributed by atoms with Crippen molar-refractivity contribution in [1.29, 1.82) is 0 Å². The van der Waals surface area contributed by atoms with Crippen molar-refractivity contribution in [2.75, 3.05) is 31.2 Å². The molecular formula is C18H17N3O4. The van der Waals surface area contributed by atoms with Crippen molar-refractivity contribution in [1.82, 2.24) is 9.97 Å². The highest BCUT2D eigenvalue weighted by molar-refractivity contribution is 5.77. The molecule has 1 fully saturated rings. The second-order valence-corrected chi connectivity index (χ2v) is 5.67. The number of nitrogens with zero attached hydrogens (tertiary/aromatic N) is 3. The predicted octanol–water partition coefficient (Wildman–Crippen LogP) is 2.00. The summed E-state index contributed by atoms with van der Waals surface area (Å²) in [4.78, 5) is 22.4. The zero-order valence-electron chi connectivity index (χ0n) is 13.6. The third-order valence-electron chi connectivity index (χ3n) is 3.98. The van der Waals surface area contributed by atoms with E-state index in [1.54, 1.807) is 24.4 Å². The van der Waals surface area contributed by atoms with Gasteiger partial charge in [-0.05, 0) is 24.3 Å². The van der Waals surface area contributed by atoms with Crippen LogP contribution in [0.15, 0.2) is 51.8 Å². The van der Waals surface area contributed by atoms with E-state index in [4.69, 9.17) is 13.9 Å². The Bertz CT molecular complexity index is 921. The normalized spacial score (nSPS) is 14.6. The molecule has 128 valence electrons. The van der Waals surface area contributed by atoms with Crippen molar-refractivity contribution in [3.8, 4) is 5.75 Å². The number of hydrogen-bond acceptors (Lipinski definition) is 7. The minimum absolute atomic E-state index is 0.306. The lowest BCUT2D eigenvalue weighted by molar-refractivity contribution is 0.120. The molecule has 0 N–H and O–H groups in total. The van der Waals surface area contributed by atoms with Crippen LogP contribution in [0.4, 0.5) is 6.01 Å². The van der Waals surface area contributed by atoms with Crippen LogP contribution >= 0.6 is 0 Å². The lowest BCUT2D eigenvalue weighted by Crippen LogP contribution is -2.37. The standard InChI is InChI=1S/C18H17N3O4/c22-17-15-5-4-14(24-12-13-3-1-2-6-19-13)11-16(15)25-18(20-17)21-7-9-23-10-8-21/h1-6,11H,7-10,12H2. The number of benzene rings is 1. The van der Waals surface area contributed by atoms with Gasteiger partial charge in [0, 0.05) is 25.4 Å². The highest BCUT2D eigenvalue weighted by Gasteiger charge is 2.17. The second-order valence-electron chi connectivity index (χ2n) is 5.67. The van der Waals surface area contributed by atoms with Gasteiger partial charge in [-0.25, -0.2) is 0 Å². The summed E-state index contributed by atoms with van der Waals surface area (Å²) in [6, 6.07) is 11.1. The van der Waals surface area contributed by atoms with Crippen LogP contribution in [0.25, 0.3) is 11.0 Å². The van der Waals surface area contributed by atoms with Crippen LogP contribution in [0.1, 0.15) is 5.69 Å². The molecule has 0 spiro atoms. The van der Waals surface area contributed by atoms with Crippen molar-refractivity contribution >= 4 is 17.0 Å². The van der Waals surface area contributed by atoms with E-state index in [1.165, 1.54) is 0 Å². The quantitative estimate of drug-likeness (QED) is 0.719. The smallest absolute Gasteiger partial charge is 0.301 e. The molecule has 25 heavy (non-hydrogen) atoms. The van der Waals surface area contributed by atoms with E-state index in [1.807, 2.05) is 23.1 Å². The van der Waals surface area contributed by atoms with E-state index in [-0.39, 0.29) is 5.56 Å². The number of aromatic nitrogens is 2. The maximum Gasteiger partial charge on any atom is 0.301 e. The third kappa shape index (κ3) is 3.46. The summed E-state index contributed by atoms with van der Waals surface area (Å²) in [5.41, 5.74) is 0.979. The van der Waals surface area contributed by atoms with Crippen molar-refractivity contribution in [2.45, 2.75) is 6.61 Å². The average Bonchev–Trinajstić information content (AvgIpc) is 2.67. The van der Waals surface area contributed by atoms with Crippen LogP contribution in [-0.2, 0) is 11.3 Å². The van der Waals surface area contributed by atoms with E-state index in [0.717, 1.165) is 5.69 Å². The van der Waals surface area contributed by atoms with Gasteiger partial charge in [-0.2, -0.15) is 4.98 Å². The Labute approximate surface area is 143 Å². The van der Waals surface area contributed by atoms with Crippen LogP contribution < -0.4 is 15.2 Å². The highest BCUT2D eigenvalue weighted by Crippen LogP contribution is 2.22. The van der Waals surface area contributed by atoms with Crippen LogP contribution in [-0.4, -0.2) is 36.3 Å². The second kappa shape index (κ2) is 6.90. The first-order valence-electron chi connectivity index (χ1n) is 8.10. The number of fused-ring (bicyclic) bond motifs is 1. The number of ether oxygens (including phenoxy) is 2. The Kier molecular flexibility index (Phi) is 4.30. The largest absolute Gasteiger partial charge is 0.487 e. The number of pyridine rings is 1. The minimum Gasteiger partial charge on any atom is -0.487 e. The molecule has 0 aliphatic carbocycles. The van der Waals surface area contributed by atoms with Gasteiger partial charge in [0.2, 0.25) is 0 Å². The molecule has 1 aromatic carbocycles. The lowest BCUT2D eigenvalue weighted by atomic mass is 10.2. The Balaban J connectivity index is 1.60. The fourth-order valence-electron chi connectivity index (χ4n) is 2.65. The summed E-state index contributed by atoms with van der Waals surface area (Å²) in [6.07, 6.45) is 1.72. The Morgan fingerprint density at radius 3 is 2.84 bits per heavy atom. The van der Waals surface area contributed by atoms with E-state index in [0.29, 0.717) is 55.6 Å². The molecule has 0 saturated carbocycles. The topological polar surface area (TPSA) is 77.7 Å². The first-order valence-corrected chi connectivity index (χ1v) is 8.10. The maximum absolute atomic E-state index is 12.3. The number of anilines is 1. The van der Waals surface area contributed by atoms with Crippen molar-refractivity contribution in [3.63, 3.8) is 0 Å². The maximum atomic E-state index is 12.3. The molecule has 0 atom stereocenters. The van der Waals surface area contributed by atoms with Gasteiger partial charge in [-0.15, -0.1) is 0 Å². The summed E-state index contributed by atoms with van der Waals surface area (Å²) in [5, 5.41) is 0.433. The monoisotopic (exact) mass is 339 g/mol.